The van der Waals surface area contributed by atoms with Gasteiger partial charge in [0.1, 0.15) is 5.82 Å². The number of hydrogen-bond acceptors (Lipinski definition) is 6. The predicted molar refractivity (Wildman–Crippen MR) is 131 cm³/mol. The third-order valence-electron chi connectivity index (χ3n) is 5.74. The van der Waals surface area contributed by atoms with E-state index >= 15 is 0 Å². The highest BCUT2D eigenvalue weighted by Gasteiger charge is 2.23. The van der Waals surface area contributed by atoms with E-state index < -0.39 is 15.8 Å². The molecule has 34 heavy (non-hydrogen) atoms. The van der Waals surface area contributed by atoms with Crippen LogP contribution >= 0.6 is 11.8 Å². The van der Waals surface area contributed by atoms with E-state index in [2.05, 4.69) is 10.2 Å². The molecule has 0 aliphatic heterocycles. The summed E-state index contributed by atoms with van der Waals surface area (Å²) < 4.78 is 42.8. The second-order valence-corrected chi connectivity index (χ2v) is 10.8. The van der Waals surface area contributed by atoms with Crippen LogP contribution in [0.5, 0.6) is 0 Å². The van der Waals surface area contributed by atoms with Crippen molar-refractivity contribution in [1.29, 1.82) is 0 Å². The van der Waals surface area contributed by atoms with Gasteiger partial charge in [0.25, 0.3) is 0 Å². The highest BCUT2D eigenvalue weighted by atomic mass is 32.2. The Morgan fingerprint density at radius 3 is 2.41 bits per heavy atom. The lowest BCUT2D eigenvalue weighted by Crippen LogP contribution is -2.30. The number of aromatic nitrogens is 4. The number of carbonyl (C=O) groups excluding carboxylic acids is 1. The van der Waals surface area contributed by atoms with Crippen LogP contribution < -0.4 is 4.31 Å². The molecule has 178 valence electrons. The standard InChI is InChI=1S/C23H24FN5O3S2/c1-15-22(18-7-5-6-8-19(18)27(15)2)20(30)14-33-23-26-25-21(28(23)3)13-29(34(4,31)32)17-11-9-16(24)10-12-17/h5-12H,13-14H2,1-4H3. The van der Waals surface area contributed by atoms with Crippen molar-refractivity contribution in [1.82, 2.24) is 19.3 Å². The molecule has 0 saturated carbocycles. The average molecular weight is 502 g/mol. The van der Waals surface area contributed by atoms with Gasteiger partial charge in [-0.2, -0.15) is 0 Å². The molecule has 8 nitrogen and oxygen atoms in total. The first-order valence-corrected chi connectivity index (χ1v) is 13.2. The maximum Gasteiger partial charge on any atom is 0.232 e. The summed E-state index contributed by atoms with van der Waals surface area (Å²) >= 11 is 1.24. The van der Waals surface area contributed by atoms with Gasteiger partial charge in [0, 0.05) is 36.3 Å². The molecule has 0 N–H and O–H groups in total. The van der Waals surface area contributed by atoms with Gasteiger partial charge in [-0.25, -0.2) is 12.8 Å². The number of sulfonamides is 1. The monoisotopic (exact) mass is 501 g/mol. The summed E-state index contributed by atoms with van der Waals surface area (Å²) in [6.45, 7) is 1.85. The number of fused-ring (bicyclic) bond motifs is 1. The van der Waals surface area contributed by atoms with Gasteiger partial charge in [0.2, 0.25) is 10.0 Å². The van der Waals surface area contributed by atoms with Gasteiger partial charge >= 0.3 is 0 Å². The second-order valence-electron chi connectivity index (χ2n) is 7.95. The Hall–Kier alpha value is -3.18. The molecule has 0 radical (unpaired) electrons. The van der Waals surface area contributed by atoms with Crippen LogP contribution in [0.2, 0.25) is 0 Å². The van der Waals surface area contributed by atoms with Gasteiger partial charge in [-0.05, 0) is 37.3 Å². The quantitative estimate of drug-likeness (QED) is 0.270. The first-order chi connectivity index (χ1) is 16.1. The number of hydrogen-bond donors (Lipinski definition) is 0. The predicted octanol–water partition coefficient (Wildman–Crippen LogP) is 3.70. The van der Waals surface area contributed by atoms with Gasteiger partial charge in [0.15, 0.2) is 16.8 Å². The van der Waals surface area contributed by atoms with Crippen LogP contribution in [0.1, 0.15) is 21.9 Å². The van der Waals surface area contributed by atoms with Crippen molar-refractivity contribution in [2.45, 2.75) is 18.6 Å². The summed E-state index contributed by atoms with van der Waals surface area (Å²) in [5.74, 6) is 0.0776. The lowest BCUT2D eigenvalue weighted by atomic mass is 10.1. The number of halogens is 1. The number of ketones is 1. The summed E-state index contributed by atoms with van der Waals surface area (Å²) in [7, 11) is -0.000588. The van der Waals surface area contributed by atoms with E-state index in [4.69, 9.17) is 0 Å². The van der Waals surface area contributed by atoms with Crippen LogP contribution in [0.3, 0.4) is 0 Å². The average Bonchev–Trinajstić information content (AvgIpc) is 3.27. The van der Waals surface area contributed by atoms with Crippen LogP contribution in [0.15, 0.2) is 53.7 Å². The topological polar surface area (TPSA) is 90.1 Å². The number of aryl methyl sites for hydroxylation is 1. The molecule has 2 aromatic carbocycles. The molecule has 2 aromatic heterocycles. The van der Waals surface area contributed by atoms with Gasteiger partial charge in [-0.1, -0.05) is 30.0 Å². The number of rotatable bonds is 8. The van der Waals surface area contributed by atoms with Crippen molar-refractivity contribution in [3.05, 3.63) is 71.4 Å². The molecule has 0 bridgehead atoms. The Kier molecular flexibility index (Phi) is 6.50. The van der Waals surface area contributed by atoms with Crippen LogP contribution in [0.4, 0.5) is 10.1 Å². The Labute approximate surface area is 201 Å². The van der Waals surface area contributed by atoms with Crippen LogP contribution in [-0.2, 0) is 30.7 Å². The normalized spacial score (nSPS) is 11.8. The molecule has 0 fully saturated rings. The summed E-state index contributed by atoms with van der Waals surface area (Å²) in [6.07, 6.45) is 1.08. The minimum Gasteiger partial charge on any atom is -0.347 e. The fourth-order valence-electron chi connectivity index (χ4n) is 3.82. The first-order valence-electron chi connectivity index (χ1n) is 10.4. The van der Waals surface area contributed by atoms with E-state index in [0.29, 0.717) is 22.2 Å². The zero-order valence-electron chi connectivity index (χ0n) is 19.2. The lowest BCUT2D eigenvalue weighted by molar-refractivity contribution is 0.102. The molecule has 0 aliphatic rings. The number of thioether (sulfide) groups is 1. The molecule has 0 spiro atoms. The number of carbonyl (C=O) groups is 1. The zero-order chi connectivity index (χ0) is 24.6. The van der Waals surface area contributed by atoms with Crippen molar-refractivity contribution in [3.8, 4) is 0 Å². The van der Waals surface area contributed by atoms with Gasteiger partial charge in [0.05, 0.1) is 24.2 Å². The first kappa shape index (κ1) is 24.0. The van der Waals surface area contributed by atoms with E-state index in [1.54, 1.807) is 11.6 Å². The van der Waals surface area contributed by atoms with E-state index in [0.717, 1.165) is 27.2 Å². The molecule has 4 aromatic rings. The minimum absolute atomic E-state index is 0.0204. The van der Waals surface area contributed by atoms with Crippen molar-refractivity contribution in [3.63, 3.8) is 0 Å². The van der Waals surface area contributed by atoms with Crippen molar-refractivity contribution in [2.75, 3.05) is 16.3 Å². The highest BCUT2D eigenvalue weighted by Crippen LogP contribution is 2.28. The molecular weight excluding hydrogens is 477 g/mol. The fourth-order valence-corrected chi connectivity index (χ4v) is 5.48. The molecule has 0 atom stereocenters. The Bertz CT molecular complexity index is 1480. The molecule has 11 heteroatoms. The number of benzene rings is 2. The fraction of sp³-hybridized carbons (Fsp3) is 0.261. The Morgan fingerprint density at radius 2 is 1.74 bits per heavy atom. The highest BCUT2D eigenvalue weighted by molar-refractivity contribution is 7.99. The number of nitrogens with zero attached hydrogens (tertiary/aromatic N) is 5. The summed E-state index contributed by atoms with van der Waals surface area (Å²) in [5.41, 5.74) is 2.90. The van der Waals surface area contributed by atoms with Gasteiger partial charge < -0.3 is 9.13 Å². The van der Waals surface area contributed by atoms with Crippen molar-refractivity contribution in [2.24, 2.45) is 14.1 Å². The third-order valence-corrected chi connectivity index (χ3v) is 7.90. The zero-order valence-corrected chi connectivity index (χ0v) is 20.8. The van der Waals surface area contributed by atoms with E-state index in [9.17, 15) is 17.6 Å². The lowest BCUT2D eigenvalue weighted by Gasteiger charge is -2.21. The van der Waals surface area contributed by atoms with Crippen LogP contribution in [0.25, 0.3) is 10.9 Å². The molecule has 0 unspecified atom stereocenters. The van der Waals surface area contributed by atoms with E-state index in [-0.39, 0.29) is 18.1 Å². The summed E-state index contributed by atoms with van der Waals surface area (Å²) in [6, 6.07) is 13.0. The maximum atomic E-state index is 13.3. The van der Waals surface area contributed by atoms with Crippen molar-refractivity contribution >= 4 is 44.2 Å². The molecular formula is C23H24FN5O3S2. The smallest absolute Gasteiger partial charge is 0.232 e. The molecule has 0 aliphatic carbocycles. The SMILES string of the molecule is Cc1c(C(=O)CSc2nnc(CN(c3ccc(F)cc3)S(C)(=O)=O)n2C)c2ccccc2n1C. The maximum absolute atomic E-state index is 13.3. The summed E-state index contributed by atoms with van der Waals surface area (Å²) in [5, 5.41) is 9.69. The van der Waals surface area contributed by atoms with Gasteiger partial charge in [-0.3, -0.25) is 9.10 Å². The Morgan fingerprint density at radius 1 is 1.06 bits per heavy atom. The largest absolute Gasteiger partial charge is 0.347 e. The summed E-state index contributed by atoms with van der Waals surface area (Å²) in [4.78, 5) is 13.1. The molecule has 0 saturated heterocycles. The molecule has 4 rings (SSSR count). The van der Waals surface area contributed by atoms with Gasteiger partial charge in [-0.15, -0.1) is 10.2 Å². The molecule has 2 heterocycles. The van der Waals surface area contributed by atoms with Crippen LogP contribution in [-0.4, -0.2) is 45.5 Å². The Balaban J connectivity index is 1.53. The molecule has 0 amide bonds. The van der Waals surface area contributed by atoms with Crippen molar-refractivity contribution < 1.29 is 17.6 Å². The second kappa shape index (κ2) is 9.22. The van der Waals surface area contributed by atoms with E-state index in [1.807, 2.05) is 42.8 Å². The third kappa shape index (κ3) is 4.58. The number of anilines is 1. The number of Topliss-reactive ketones (excluding diaryl/α,β-unsaturated/α-hetero) is 1. The minimum atomic E-state index is -3.65. The van der Waals surface area contributed by atoms with Crippen LogP contribution in [0, 0.1) is 12.7 Å². The number of para-hydroxylation sites is 1. The van der Waals surface area contributed by atoms with E-state index in [1.165, 1.54) is 36.0 Å².